The van der Waals surface area contributed by atoms with E-state index < -0.39 is 0 Å². The van der Waals surface area contributed by atoms with Crippen LogP contribution < -0.4 is 26.2 Å². The Bertz CT molecular complexity index is 6150. The normalized spacial score (nSPS) is 13.7. The van der Waals surface area contributed by atoms with Crippen molar-refractivity contribution in [2.24, 2.45) is 0 Å². The van der Waals surface area contributed by atoms with Crippen molar-refractivity contribution in [3.63, 3.8) is 0 Å². The van der Waals surface area contributed by atoms with E-state index in [-0.39, 0.29) is 44.6 Å². The average molecular weight is 1460 g/mol. The van der Waals surface area contributed by atoms with Gasteiger partial charge in [0, 0.05) is 61.5 Å². The lowest BCUT2D eigenvalue weighted by molar-refractivity contribution is 0.589. The molecule has 0 spiro atoms. The van der Waals surface area contributed by atoms with Crippen molar-refractivity contribution in [2.45, 2.75) is 183 Å². The molecule has 0 atom stereocenters. The predicted molar refractivity (Wildman–Crippen MR) is 488 cm³/mol. The lowest BCUT2D eigenvalue weighted by atomic mass is 9.33. The van der Waals surface area contributed by atoms with Crippen molar-refractivity contribution in [2.75, 3.05) is 9.80 Å². The first-order valence-electron chi connectivity index (χ1n) is 40.8. The summed E-state index contributed by atoms with van der Waals surface area (Å²) < 4.78 is 2.61. The minimum atomic E-state index is -0.341. The van der Waals surface area contributed by atoms with Gasteiger partial charge < -0.3 is 14.4 Å². The Labute approximate surface area is 665 Å². The Morgan fingerprint density at radius 2 is 0.562 bits per heavy atom. The average Bonchev–Trinajstić information content (AvgIpc) is 1.16. The van der Waals surface area contributed by atoms with Gasteiger partial charge in [-0.1, -0.05) is 340 Å². The number of benzene rings is 15. The van der Waals surface area contributed by atoms with Crippen molar-refractivity contribution >= 4 is 111 Å². The molecule has 0 N–H and O–H groups in total. The second-order valence-electron chi connectivity index (χ2n) is 39.9. The minimum Gasteiger partial charge on any atom is -0.310 e. The highest BCUT2D eigenvalue weighted by Crippen LogP contribution is 2.57. The number of hydrogen-bond donors (Lipinski definition) is 0. The minimum absolute atomic E-state index is 0.0495. The molecule has 556 valence electrons. The van der Waals surface area contributed by atoms with E-state index in [0.717, 1.165) is 22.7 Å². The molecule has 4 heteroatoms. The van der Waals surface area contributed by atoms with E-state index in [2.05, 4.69) is 421 Å². The smallest absolute Gasteiger partial charge is 0.252 e. The zero-order chi connectivity index (χ0) is 78.6. The Morgan fingerprint density at radius 1 is 0.232 bits per heavy atom. The summed E-state index contributed by atoms with van der Waals surface area (Å²) in [6.07, 6.45) is 0. The van der Waals surface area contributed by atoms with Gasteiger partial charge in [-0.2, -0.15) is 0 Å². The van der Waals surface area contributed by atoms with Crippen molar-refractivity contribution in [3.8, 4) is 61.3 Å². The second-order valence-corrected chi connectivity index (χ2v) is 39.9. The summed E-state index contributed by atoms with van der Waals surface area (Å²) >= 11 is 0. The van der Waals surface area contributed by atoms with Crippen LogP contribution >= 0.6 is 0 Å². The Kier molecular flexibility index (Phi) is 16.4. The number of aromatic nitrogens is 1. The van der Waals surface area contributed by atoms with Crippen LogP contribution in [0, 0.1) is 0 Å². The topological polar surface area (TPSA) is 11.4 Å². The zero-order valence-electron chi connectivity index (χ0n) is 69.7. The van der Waals surface area contributed by atoms with E-state index in [0.29, 0.717) is 0 Å². The molecule has 1 aromatic heterocycles. The molecule has 0 fully saturated rings. The maximum absolute atomic E-state index is 2.80. The molecule has 3 nitrogen and oxygen atoms in total. The first kappa shape index (κ1) is 72.6. The molecule has 0 aliphatic carbocycles. The van der Waals surface area contributed by atoms with E-state index in [1.807, 2.05) is 0 Å². The van der Waals surface area contributed by atoms with Crippen LogP contribution in [-0.4, -0.2) is 11.3 Å². The highest BCUT2D eigenvalue weighted by atomic mass is 15.2. The third-order valence-electron chi connectivity index (χ3n) is 25.0. The molecule has 0 amide bonds. The lowest BCUT2D eigenvalue weighted by Gasteiger charge is -2.47. The molecule has 0 saturated heterocycles. The number of nitrogens with zero attached hydrogens (tertiary/aromatic N) is 3. The van der Waals surface area contributed by atoms with Gasteiger partial charge in [0.25, 0.3) is 6.71 Å². The van der Waals surface area contributed by atoms with Crippen LogP contribution in [0.25, 0.3) is 115 Å². The van der Waals surface area contributed by atoms with E-state index in [4.69, 9.17) is 0 Å². The van der Waals surface area contributed by atoms with Gasteiger partial charge in [-0.15, -0.1) is 0 Å². The van der Waals surface area contributed by atoms with Gasteiger partial charge in [0.15, 0.2) is 0 Å². The van der Waals surface area contributed by atoms with Crippen LogP contribution in [0.5, 0.6) is 0 Å². The summed E-state index contributed by atoms with van der Waals surface area (Å²) in [6.45, 7) is 49.4. The van der Waals surface area contributed by atoms with Crippen LogP contribution in [0.2, 0.25) is 0 Å². The Hall–Kier alpha value is -10.9. The zero-order valence-corrected chi connectivity index (χ0v) is 69.7. The molecule has 112 heavy (non-hydrogen) atoms. The second kappa shape index (κ2) is 25.3. The number of hydrogen-bond acceptors (Lipinski definition) is 2. The maximum atomic E-state index is 2.80. The van der Waals surface area contributed by atoms with Gasteiger partial charge in [0.05, 0.1) is 22.4 Å². The van der Waals surface area contributed by atoms with Crippen molar-refractivity contribution < 1.29 is 0 Å². The first-order chi connectivity index (χ1) is 53.0. The molecule has 3 heterocycles. The number of anilines is 6. The molecule has 2 aliphatic heterocycles. The molecule has 2 aliphatic rings. The van der Waals surface area contributed by atoms with E-state index in [9.17, 15) is 0 Å². The van der Waals surface area contributed by atoms with E-state index in [1.54, 1.807) is 0 Å². The lowest BCUT2D eigenvalue weighted by Crippen LogP contribution is -2.61. The van der Waals surface area contributed by atoms with Gasteiger partial charge in [-0.3, -0.25) is 0 Å². The summed E-state index contributed by atoms with van der Waals surface area (Å²) in [7, 11) is 0. The third kappa shape index (κ3) is 11.9. The van der Waals surface area contributed by atoms with Gasteiger partial charge in [0.2, 0.25) is 0 Å². The highest BCUT2D eigenvalue weighted by molar-refractivity contribution is 7.00. The van der Waals surface area contributed by atoms with Crippen LogP contribution in [0.4, 0.5) is 34.1 Å². The van der Waals surface area contributed by atoms with Crippen molar-refractivity contribution in [1.82, 2.24) is 4.57 Å². The van der Waals surface area contributed by atoms with Crippen LogP contribution in [0.1, 0.15) is 184 Å². The predicted octanol–water partition coefficient (Wildman–Crippen LogP) is 28.6. The summed E-state index contributed by atoms with van der Waals surface area (Å²) in [5, 5.41) is 10.4. The van der Waals surface area contributed by atoms with Crippen molar-refractivity contribution in [3.05, 3.63) is 300 Å². The molecule has 16 aromatic rings. The van der Waals surface area contributed by atoms with Crippen molar-refractivity contribution in [1.29, 1.82) is 0 Å². The SMILES string of the molecule is CC(C)(C)c1ccc(-c2cc(C(C)(C)C)cc(-c3ccc(C(C)(C)C)cc3)c2N2c3cc(-c4ccccc4)ccc3B3c4ccc(-n5c6ccc7cccc8c9cccc%10ccc5c(c%109)c6c78)cc4N(c4c(-c5ccc(C(C)(C)C)cc5)cc(C(C)(C)C)cc4-c4ccc(C(C)(C)C)cc4)c4cc(C(C)(C)C)cc2c43)cc1. The summed E-state index contributed by atoms with van der Waals surface area (Å²) in [5.74, 6) is 0. The highest BCUT2D eigenvalue weighted by Gasteiger charge is 2.47. The van der Waals surface area contributed by atoms with Gasteiger partial charge >= 0.3 is 0 Å². The fourth-order valence-electron chi connectivity index (χ4n) is 18.4. The van der Waals surface area contributed by atoms with Gasteiger partial charge in [-0.25, -0.2) is 0 Å². The molecule has 0 unspecified atom stereocenters. The molecular weight excluding hydrogens is 1350 g/mol. The number of rotatable bonds is 8. The summed E-state index contributed by atoms with van der Waals surface area (Å²) in [6, 6.07) is 104. The van der Waals surface area contributed by atoms with E-state index >= 15 is 0 Å². The van der Waals surface area contributed by atoms with Crippen LogP contribution in [0.3, 0.4) is 0 Å². The molecule has 0 radical (unpaired) electrons. The Morgan fingerprint density at radius 3 is 0.920 bits per heavy atom. The van der Waals surface area contributed by atoms with Crippen LogP contribution in [-0.2, 0) is 37.9 Å². The largest absolute Gasteiger partial charge is 0.310 e. The summed E-state index contributed by atoms with van der Waals surface area (Å²) in [4.78, 5) is 5.57. The quantitative estimate of drug-likeness (QED) is 0.0853. The summed E-state index contributed by atoms with van der Waals surface area (Å²) in [5.41, 5.74) is 34.2. The molecule has 15 aromatic carbocycles. The van der Waals surface area contributed by atoms with E-state index in [1.165, 1.54) is 182 Å². The standard InChI is InChI=1S/C108H106BN3/c1-102(2,3)73-44-33-66(34-45-73)83-58-77(106(13,14)15)59-84(67-35-46-74(47-36-67)103(4,5)6)100(83)111-91-57-72(65-27-23-22-24-28-65)41-53-87(91)109-88-54-52-80(110-89-55-42-70-29-25-31-81-82-32-26-30-71-43-56-90(110)98(96(71)82)97(89)95(70)81)64-92(88)112(94-63-79(108(19,20)21)62-93(111)99(94)109)101-85(68-37-48-75(49-38-68)104(7,8)9)60-78(107(16,17)18)61-86(101)69-39-50-76(51-40-69)105(10,11)12/h22-64H,1-21H3. The number of fused-ring (bicyclic) bond motifs is 5. The first-order valence-corrected chi connectivity index (χ1v) is 40.8. The monoisotopic (exact) mass is 1460 g/mol. The third-order valence-corrected chi connectivity index (χ3v) is 25.0. The molecule has 18 rings (SSSR count). The van der Waals surface area contributed by atoms with Gasteiger partial charge in [0.1, 0.15) is 0 Å². The fraction of sp³-hybridized carbons (Fsp3) is 0.259. The Balaban J connectivity index is 1.03. The molecule has 0 bridgehead atoms. The maximum Gasteiger partial charge on any atom is 0.252 e. The molecule has 0 saturated carbocycles. The van der Waals surface area contributed by atoms with Crippen LogP contribution in [0.15, 0.2) is 261 Å². The molecular formula is C108H106BN3. The fourth-order valence-corrected chi connectivity index (χ4v) is 18.4. The van der Waals surface area contributed by atoms with Gasteiger partial charge in [-0.05, 0) is 226 Å².